The van der Waals surface area contributed by atoms with Crippen molar-refractivity contribution in [1.82, 2.24) is 0 Å². The molecule has 0 saturated carbocycles. The summed E-state index contributed by atoms with van der Waals surface area (Å²) in [7, 11) is 0. The van der Waals surface area contributed by atoms with Crippen LogP contribution in [-0.2, 0) is 23.8 Å². The molecule has 4 aliphatic rings. The van der Waals surface area contributed by atoms with Gasteiger partial charge in [-0.15, -0.1) is 0 Å². The van der Waals surface area contributed by atoms with E-state index >= 15 is 0 Å². The van der Waals surface area contributed by atoms with Crippen molar-refractivity contribution in [3.05, 3.63) is 46.8 Å². The first-order valence-corrected chi connectivity index (χ1v) is 7.90. The highest BCUT2D eigenvalue weighted by atomic mass is 16.7. The van der Waals surface area contributed by atoms with Gasteiger partial charge in [0.25, 0.3) is 6.29 Å². The number of hydrogen-bond acceptors (Lipinski definition) is 5. The maximum absolute atomic E-state index is 12.2. The number of rotatable bonds is 2. The van der Waals surface area contributed by atoms with Gasteiger partial charge >= 0.3 is 11.9 Å². The second-order valence-electron chi connectivity index (χ2n) is 6.44. The van der Waals surface area contributed by atoms with Crippen molar-refractivity contribution in [2.24, 2.45) is 5.92 Å². The Morgan fingerprint density at radius 3 is 2.83 bits per heavy atom. The van der Waals surface area contributed by atoms with Gasteiger partial charge in [0.05, 0.1) is 11.8 Å². The predicted molar refractivity (Wildman–Crippen MR) is 80.8 cm³/mol. The molecule has 23 heavy (non-hydrogen) atoms. The van der Waals surface area contributed by atoms with E-state index in [1.54, 1.807) is 13.0 Å². The molecule has 0 aromatic carbocycles. The second-order valence-corrected chi connectivity index (χ2v) is 6.44. The van der Waals surface area contributed by atoms with Crippen molar-refractivity contribution in [2.75, 3.05) is 0 Å². The summed E-state index contributed by atoms with van der Waals surface area (Å²) in [6, 6.07) is 0. The van der Waals surface area contributed by atoms with Gasteiger partial charge in [-0.1, -0.05) is 12.2 Å². The SMILES string of the molecule is C=C1CCCC2=C1[C@H]1OC(=O)/C(=C/O[C@H]3C=C(C)C(=O)O3)[C@H]1C2. The standard InChI is InChI=1S/C18H18O5/c1-9-4-3-5-11-7-12-13(18(20)23-16(12)15(9)11)8-21-14-6-10(2)17(19)22-14/h6,8,12,14,16H,1,3-5,7H2,2H3/b13-8+/t12-,14-,16+/m1/s1. The first kappa shape index (κ1) is 14.3. The Morgan fingerprint density at radius 1 is 1.26 bits per heavy atom. The van der Waals surface area contributed by atoms with Crippen molar-refractivity contribution in [3.8, 4) is 0 Å². The summed E-state index contributed by atoms with van der Waals surface area (Å²) in [5.41, 5.74) is 4.62. The number of esters is 2. The van der Waals surface area contributed by atoms with Crippen molar-refractivity contribution in [3.63, 3.8) is 0 Å². The molecule has 0 amide bonds. The first-order chi connectivity index (χ1) is 11.0. The maximum Gasteiger partial charge on any atom is 0.338 e. The Labute approximate surface area is 134 Å². The van der Waals surface area contributed by atoms with E-state index in [1.165, 1.54) is 11.8 Å². The molecule has 0 N–H and O–H groups in total. The lowest BCUT2D eigenvalue weighted by Crippen LogP contribution is -2.16. The van der Waals surface area contributed by atoms with Gasteiger partial charge in [-0.3, -0.25) is 0 Å². The molecule has 0 aromatic heterocycles. The van der Waals surface area contributed by atoms with Crippen LogP contribution in [0.2, 0.25) is 0 Å². The Hall–Kier alpha value is -2.30. The van der Waals surface area contributed by atoms with Gasteiger partial charge in [-0.05, 0) is 43.8 Å². The summed E-state index contributed by atoms with van der Waals surface area (Å²) in [5, 5.41) is 0. The Bertz CT molecular complexity index is 709. The normalized spacial score (nSPS) is 34.3. The van der Waals surface area contributed by atoms with E-state index in [4.69, 9.17) is 14.2 Å². The van der Waals surface area contributed by atoms with Crippen molar-refractivity contribution < 1.29 is 23.8 Å². The molecule has 2 aliphatic carbocycles. The number of ether oxygens (including phenoxy) is 3. The van der Waals surface area contributed by atoms with Crippen molar-refractivity contribution in [1.29, 1.82) is 0 Å². The highest BCUT2D eigenvalue weighted by Gasteiger charge is 2.48. The molecule has 4 rings (SSSR count). The van der Waals surface area contributed by atoms with Crippen LogP contribution in [-0.4, -0.2) is 24.3 Å². The molecule has 120 valence electrons. The highest BCUT2D eigenvalue weighted by molar-refractivity contribution is 5.92. The lowest BCUT2D eigenvalue weighted by molar-refractivity contribution is -0.152. The lowest BCUT2D eigenvalue weighted by Gasteiger charge is -2.20. The molecule has 5 heteroatoms. The third-order valence-corrected chi connectivity index (χ3v) is 4.96. The average molecular weight is 314 g/mol. The molecular weight excluding hydrogens is 296 g/mol. The molecule has 0 spiro atoms. The minimum Gasteiger partial charge on any atom is -0.458 e. The summed E-state index contributed by atoms with van der Waals surface area (Å²) in [6.07, 6.45) is 5.97. The van der Waals surface area contributed by atoms with E-state index in [-0.39, 0.29) is 18.0 Å². The second kappa shape index (κ2) is 5.11. The van der Waals surface area contributed by atoms with Gasteiger partial charge in [0.15, 0.2) is 0 Å². The Balaban J connectivity index is 1.53. The van der Waals surface area contributed by atoms with Gasteiger partial charge in [0, 0.05) is 17.6 Å². The number of carbonyl (C=O) groups is 2. The number of allylic oxidation sites excluding steroid dienone is 1. The first-order valence-electron chi connectivity index (χ1n) is 7.90. The van der Waals surface area contributed by atoms with Crippen LogP contribution in [0.15, 0.2) is 46.8 Å². The third-order valence-electron chi connectivity index (χ3n) is 4.96. The quantitative estimate of drug-likeness (QED) is 0.445. The van der Waals surface area contributed by atoms with E-state index in [1.807, 2.05) is 0 Å². The molecule has 2 aliphatic heterocycles. The molecule has 0 bridgehead atoms. The van der Waals surface area contributed by atoms with Crippen LogP contribution in [0.3, 0.4) is 0 Å². The highest BCUT2D eigenvalue weighted by Crippen LogP contribution is 2.49. The van der Waals surface area contributed by atoms with E-state index in [2.05, 4.69) is 6.58 Å². The zero-order chi connectivity index (χ0) is 16.1. The van der Waals surface area contributed by atoms with Crippen molar-refractivity contribution in [2.45, 2.75) is 45.0 Å². The van der Waals surface area contributed by atoms with E-state index in [0.29, 0.717) is 11.1 Å². The van der Waals surface area contributed by atoms with Crippen LogP contribution in [0.5, 0.6) is 0 Å². The zero-order valence-electron chi connectivity index (χ0n) is 13.0. The van der Waals surface area contributed by atoms with Gasteiger partial charge in [0.2, 0.25) is 0 Å². The van der Waals surface area contributed by atoms with E-state index in [9.17, 15) is 9.59 Å². The van der Waals surface area contributed by atoms with Gasteiger partial charge in [0.1, 0.15) is 6.10 Å². The molecule has 5 nitrogen and oxygen atoms in total. The fraction of sp³-hybridized carbons (Fsp3) is 0.444. The average Bonchev–Trinajstić information content (AvgIpc) is 3.10. The van der Waals surface area contributed by atoms with Gasteiger partial charge in [-0.2, -0.15) is 0 Å². The zero-order valence-corrected chi connectivity index (χ0v) is 13.0. The number of hydrogen-bond donors (Lipinski definition) is 0. The molecule has 3 atom stereocenters. The number of fused-ring (bicyclic) bond motifs is 2. The van der Waals surface area contributed by atoms with Crippen molar-refractivity contribution >= 4 is 11.9 Å². The Kier molecular flexibility index (Phi) is 3.18. The summed E-state index contributed by atoms with van der Waals surface area (Å²) in [4.78, 5) is 23.5. The minimum absolute atomic E-state index is 0.00969. The number of carbonyl (C=O) groups excluding carboxylic acids is 2. The summed E-state index contributed by atoms with van der Waals surface area (Å²) in [5.74, 6) is -0.756. The lowest BCUT2D eigenvalue weighted by atomic mass is 9.89. The van der Waals surface area contributed by atoms with Crippen LogP contribution in [0.4, 0.5) is 0 Å². The van der Waals surface area contributed by atoms with Crippen LogP contribution < -0.4 is 0 Å². The molecule has 0 radical (unpaired) electrons. The van der Waals surface area contributed by atoms with Crippen LogP contribution >= 0.6 is 0 Å². The molecule has 2 heterocycles. The topological polar surface area (TPSA) is 61.8 Å². The largest absolute Gasteiger partial charge is 0.458 e. The van der Waals surface area contributed by atoms with Gasteiger partial charge < -0.3 is 14.2 Å². The Morgan fingerprint density at radius 2 is 2.09 bits per heavy atom. The van der Waals surface area contributed by atoms with Crippen LogP contribution in [0.25, 0.3) is 0 Å². The molecule has 0 aromatic rings. The molecule has 0 unspecified atom stereocenters. The van der Waals surface area contributed by atoms with Crippen LogP contribution in [0, 0.1) is 5.92 Å². The predicted octanol–water partition coefficient (Wildman–Crippen LogP) is 2.70. The summed E-state index contributed by atoms with van der Waals surface area (Å²) >= 11 is 0. The monoisotopic (exact) mass is 314 g/mol. The summed E-state index contributed by atoms with van der Waals surface area (Å²) < 4.78 is 16.0. The maximum atomic E-state index is 12.2. The molecule has 1 saturated heterocycles. The van der Waals surface area contributed by atoms with Gasteiger partial charge in [-0.25, -0.2) is 9.59 Å². The third kappa shape index (κ3) is 2.22. The fourth-order valence-corrected chi connectivity index (χ4v) is 3.82. The number of cyclic esters (lactones) is 1. The molecular formula is C18H18O5. The summed E-state index contributed by atoms with van der Waals surface area (Å²) in [6.45, 7) is 5.79. The minimum atomic E-state index is -0.763. The van der Waals surface area contributed by atoms with E-state index < -0.39 is 12.3 Å². The van der Waals surface area contributed by atoms with E-state index in [0.717, 1.165) is 36.8 Å². The van der Waals surface area contributed by atoms with Crippen LogP contribution in [0.1, 0.15) is 32.6 Å². The fourth-order valence-electron chi connectivity index (χ4n) is 3.82. The molecule has 1 fully saturated rings. The smallest absolute Gasteiger partial charge is 0.338 e.